The minimum atomic E-state index is 0.120. The number of benzene rings is 6. The zero-order valence-corrected chi connectivity index (χ0v) is 47.4. The monoisotopic (exact) mass is 1050 g/mol. The first-order valence-corrected chi connectivity index (χ1v) is 25.3. The first kappa shape index (κ1) is 53.4. The molecule has 0 bridgehead atoms. The number of hydrogen-bond donors (Lipinski definition) is 0. The first-order chi connectivity index (χ1) is 29.1. The van der Waals surface area contributed by atoms with E-state index in [-0.39, 0.29) is 32.5 Å². The number of halogens is 3. The van der Waals surface area contributed by atoms with Gasteiger partial charge in [-0.2, -0.15) is 0 Å². The molecule has 6 aromatic rings. The average molecular weight is 1050 g/mol. The number of rotatable bonds is 3. The van der Waals surface area contributed by atoms with Gasteiger partial charge in [-0.3, -0.25) is 0 Å². The SMILES string of the molecule is CC(C)(C)c1cc(Br)cc(-c2ccc(-c3cc(C(C)(C)C)cc(C(C)(C)C)c3)cc2)c1.CC(C)(C)c1cc(Br)cc(Br)c1.Cc1ccc(-c2cc(C(C)(C)C)cc(C(C)(C)C)c2)cc1. The van der Waals surface area contributed by atoms with E-state index in [0.29, 0.717) is 0 Å². The first-order valence-electron chi connectivity index (χ1n) is 22.9. The van der Waals surface area contributed by atoms with Gasteiger partial charge in [0.05, 0.1) is 0 Å². The molecule has 0 saturated carbocycles. The Balaban J connectivity index is 0.000000233. The summed E-state index contributed by atoms with van der Waals surface area (Å²) < 4.78 is 3.38. The highest BCUT2D eigenvalue weighted by molar-refractivity contribution is 9.11. The Morgan fingerprint density at radius 2 is 0.438 bits per heavy atom. The van der Waals surface area contributed by atoms with Gasteiger partial charge in [-0.15, -0.1) is 0 Å². The molecule has 0 saturated heterocycles. The molecule has 6 aromatic carbocycles. The van der Waals surface area contributed by atoms with Gasteiger partial charge >= 0.3 is 0 Å². The maximum atomic E-state index is 3.71. The van der Waals surface area contributed by atoms with Gasteiger partial charge in [-0.25, -0.2) is 0 Å². The Labute approximate surface area is 415 Å². The van der Waals surface area contributed by atoms with Crippen molar-refractivity contribution in [1.29, 1.82) is 0 Å². The molecule has 0 aromatic heterocycles. The Hall–Kier alpha value is -3.24. The molecular formula is C61H77Br3. The zero-order valence-electron chi connectivity index (χ0n) is 42.7. The summed E-state index contributed by atoms with van der Waals surface area (Å²) in [5.74, 6) is 0. The summed E-state index contributed by atoms with van der Waals surface area (Å²) >= 11 is 10.7. The van der Waals surface area contributed by atoms with Crippen molar-refractivity contribution in [2.45, 2.75) is 164 Å². The molecule has 0 atom stereocenters. The second kappa shape index (κ2) is 20.3. The van der Waals surface area contributed by atoms with Crippen LogP contribution in [-0.2, 0) is 32.5 Å². The number of aryl methyl sites for hydroxylation is 1. The molecule has 0 nitrogen and oxygen atoms in total. The van der Waals surface area contributed by atoms with Crippen molar-refractivity contribution < 1.29 is 0 Å². The smallest absolute Gasteiger partial charge is 0.0189 e. The third kappa shape index (κ3) is 15.4. The van der Waals surface area contributed by atoms with Crippen molar-refractivity contribution >= 4 is 47.8 Å². The molecule has 3 heteroatoms. The lowest BCUT2D eigenvalue weighted by Gasteiger charge is -2.26. The molecule has 64 heavy (non-hydrogen) atoms. The van der Waals surface area contributed by atoms with Crippen molar-refractivity contribution in [2.24, 2.45) is 0 Å². The fraction of sp³-hybridized carbons (Fsp3) is 0.410. The van der Waals surface area contributed by atoms with Gasteiger partial charge in [0.15, 0.2) is 0 Å². The second-order valence-corrected chi connectivity index (χ2v) is 26.7. The lowest BCUT2D eigenvalue weighted by Crippen LogP contribution is -2.16. The van der Waals surface area contributed by atoms with Crippen molar-refractivity contribution in [3.8, 4) is 33.4 Å². The van der Waals surface area contributed by atoms with Crippen molar-refractivity contribution in [2.75, 3.05) is 0 Å². The predicted molar refractivity (Wildman–Crippen MR) is 296 cm³/mol. The standard InChI is InChI=1S/C30H37Br.C21H28.C10H12Br2/c1-28(2,3)24-14-22(15-25(18-24)29(4,5)6)20-10-12-21(13-11-20)23-16-26(30(7,8)9)19-27(31)17-23;1-15-8-10-16(11-9-15)17-12-18(20(2,3)4)14-19(13-17)21(5,6)7;1-10(2,3)7-4-8(11)6-9(12)5-7/h10-19H,1-9H3;8-14H,1-7H3;4-6H,1-3H3. The van der Waals surface area contributed by atoms with Crippen LogP contribution in [0.5, 0.6) is 0 Å². The Morgan fingerprint density at radius 1 is 0.234 bits per heavy atom. The fourth-order valence-corrected chi connectivity index (χ4v) is 8.88. The van der Waals surface area contributed by atoms with Crippen LogP contribution in [-0.4, -0.2) is 0 Å². The minimum absolute atomic E-state index is 0.120. The molecule has 0 aliphatic carbocycles. The number of hydrogen-bond acceptors (Lipinski definition) is 0. The maximum absolute atomic E-state index is 3.71. The van der Waals surface area contributed by atoms with Gasteiger partial charge < -0.3 is 0 Å². The molecule has 0 heterocycles. The lowest BCUT2D eigenvalue weighted by atomic mass is 9.79. The summed E-state index contributed by atoms with van der Waals surface area (Å²) in [5.41, 5.74) is 18.2. The van der Waals surface area contributed by atoms with E-state index in [1.54, 1.807) is 0 Å². The van der Waals surface area contributed by atoms with Gasteiger partial charge in [0.2, 0.25) is 0 Å². The molecule has 6 rings (SSSR count). The molecule has 342 valence electrons. The van der Waals surface area contributed by atoms with E-state index in [4.69, 9.17) is 0 Å². The molecule has 0 unspecified atom stereocenters. The summed E-state index contributed by atoms with van der Waals surface area (Å²) in [4.78, 5) is 0. The summed E-state index contributed by atoms with van der Waals surface area (Å²) in [7, 11) is 0. The van der Waals surface area contributed by atoms with Crippen LogP contribution in [0.4, 0.5) is 0 Å². The molecule has 0 spiro atoms. The summed E-state index contributed by atoms with van der Waals surface area (Å²) in [5, 5.41) is 0. The molecular weight excluding hydrogens is 972 g/mol. The molecule has 0 fully saturated rings. The van der Waals surface area contributed by atoms with Crippen LogP contribution in [0.3, 0.4) is 0 Å². The maximum Gasteiger partial charge on any atom is 0.0189 e. The van der Waals surface area contributed by atoms with Crippen LogP contribution in [0.2, 0.25) is 0 Å². The highest BCUT2D eigenvalue weighted by atomic mass is 79.9. The quantitative estimate of drug-likeness (QED) is 0.166. The van der Waals surface area contributed by atoms with Gasteiger partial charge in [0, 0.05) is 13.4 Å². The van der Waals surface area contributed by atoms with E-state index < -0.39 is 0 Å². The van der Waals surface area contributed by atoms with E-state index in [0.717, 1.165) is 13.4 Å². The normalized spacial score (nSPS) is 12.5. The van der Waals surface area contributed by atoms with Crippen molar-refractivity contribution in [3.63, 3.8) is 0 Å². The third-order valence-electron chi connectivity index (χ3n) is 11.8. The molecule has 0 N–H and O–H groups in total. The van der Waals surface area contributed by atoms with Gasteiger partial charge in [0.1, 0.15) is 0 Å². The van der Waals surface area contributed by atoms with Crippen molar-refractivity contribution in [1.82, 2.24) is 0 Å². The highest BCUT2D eigenvalue weighted by Gasteiger charge is 2.23. The van der Waals surface area contributed by atoms with E-state index in [9.17, 15) is 0 Å². The van der Waals surface area contributed by atoms with E-state index in [1.165, 1.54) is 72.3 Å². The minimum Gasteiger partial charge on any atom is -0.0587 e. The summed E-state index contributed by atoms with van der Waals surface area (Å²) in [6.07, 6.45) is 0. The molecule has 0 aliphatic heterocycles. The van der Waals surface area contributed by atoms with Crippen LogP contribution in [0.25, 0.3) is 33.4 Å². The van der Waals surface area contributed by atoms with Gasteiger partial charge in [-0.05, 0) is 137 Å². The predicted octanol–water partition coefficient (Wildman–Crippen LogP) is 20.4. The van der Waals surface area contributed by atoms with Crippen LogP contribution in [0.15, 0.2) is 135 Å². The largest absolute Gasteiger partial charge is 0.0587 e. The summed E-state index contributed by atoms with van der Waals surface area (Å²) in [6.45, 7) is 43.0. The zero-order chi connectivity index (χ0) is 48.4. The molecule has 0 radical (unpaired) electrons. The summed E-state index contributed by atoms with van der Waals surface area (Å²) in [6, 6.07) is 45.2. The van der Waals surface area contributed by atoms with E-state index in [1.807, 2.05) is 0 Å². The Kier molecular flexibility index (Phi) is 16.9. The van der Waals surface area contributed by atoms with Gasteiger partial charge in [0.25, 0.3) is 0 Å². The third-order valence-corrected chi connectivity index (χ3v) is 13.1. The Bertz CT molecular complexity index is 2410. The highest BCUT2D eigenvalue weighted by Crippen LogP contribution is 2.37. The van der Waals surface area contributed by atoms with Gasteiger partial charge in [-0.1, -0.05) is 269 Å². The van der Waals surface area contributed by atoms with Crippen molar-refractivity contribution in [3.05, 3.63) is 174 Å². The van der Waals surface area contributed by atoms with Crippen LogP contribution >= 0.6 is 47.8 Å². The lowest BCUT2D eigenvalue weighted by molar-refractivity contribution is 0.568. The fourth-order valence-electron chi connectivity index (χ4n) is 7.10. The van der Waals surface area contributed by atoms with Crippen LogP contribution < -0.4 is 0 Å². The average Bonchev–Trinajstić information content (AvgIpc) is 3.16. The van der Waals surface area contributed by atoms with E-state index >= 15 is 0 Å². The molecule has 0 aliphatic rings. The van der Waals surface area contributed by atoms with Crippen LogP contribution in [0.1, 0.15) is 164 Å². The second-order valence-electron chi connectivity index (χ2n) is 23.9. The molecule has 0 amide bonds. The van der Waals surface area contributed by atoms with E-state index in [2.05, 4.69) is 301 Å². The topological polar surface area (TPSA) is 0 Å². The van der Waals surface area contributed by atoms with Crippen LogP contribution in [0, 0.1) is 6.92 Å². The Morgan fingerprint density at radius 3 is 0.703 bits per heavy atom.